The van der Waals surface area contributed by atoms with E-state index in [-0.39, 0.29) is 0 Å². The zero-order valence-electron chi connectivity index (χ0n) is 12.3. The molecule has 116 valence electrons. The van der Waals surface area contributed by atoms with E-state index in [1.165, 1.54) is 12.8 Å². The van der Waals surface area contributed by atoms with Gasteiger partial charge in [-0.15, -0.1) is 0 Å². The normalized spacial score (nSPS) is 31.1. The Morgan fingerprint density at radius 2 is 1.70 bits per heavy atom. The van der Waals surface area contributed by atoms with Crippen LogP contribution < -0.4 is 5.32 Å². The van der Waals surface area contributed by atoms with Gasteiger partial charge < -0.3 is 5.32 Å². The lowest BCUT2D eigenvalue weighted by molar-refractivity contribution is 0.250. The summed E-state index contributed by atoms with van der Waals surface area (Å²) in [6.07, 6.45) is 5.58. The first kappa shape index (κ1) is 14.8. The highest BCUT2D eigenvalue weighted by Crippen LogP contribution is 2.24. The number of nitrogens with zero attached hydrogens (tertiary/aromatic N) is 2. The highest BCUT2D eigenvalue weighted by molar-refractivity contribution is 7.89. The van der Waals surface area contributed by atoms with Crippen LogP contribution in [0.1, 0.15) is 32.1 Å². The Kier molecular flexibility index (Phi) is 4.65. The fourth-order valence-corrected chi connectivity index (χ4v) is 5.74. The van der Waals surface area contributed by atoms with Crippen LogP contribution in [-0.2, 0) is 10.0 Å². The second kappa shape index (κ2) is 6.30. The van der Waals surface area contributed by atoms with E-state index in [1.54, 1.807) is 4.31 Å². The molecule has 0 aliphatic carbocycles. The molecule has 3 aliphatic heterocycles. The van der Waals surface area contributed by atoms with Crippen LogP contribution in [0.4, 0.5) is 0 Å². The van der Waals surface area contributed by atoms with Crippen molar-refractivity contribution in [2.75, 3.05) is 45.0 Å². The number of hydrogen-bond donors (Lipinski definition) is 1. The third-order valence-corrected chi connectivity index (χ3v) is 7.09. The van der Waals surface area contributed by atoms with Gasteiger partial charge in [0.05, 0.1) is 5.75 Å². The Balaban J connectivity index is 1.55. The smallest absolute Gasteiger partial charge is 0.214 e. The predicted octanol–water partition coefficient (Wildman–Crippen LogP) is 0.486. The highest BCUT2D eigenvalue weighted by Gasteiger charge is 2.36. The van der Waals surface area contributed by atoms with Crippen molar-refractivity contribution in [2.45, 2.75) is 38.1 Å². The van der Waals surface area contributed by atoms with Crippen LogP contribution in [-0.4, -0.2) is 68.7 Å². The lowest BCUT2D eigenvalue weighted by Gasteiger charge is -2.26. The molecular formula is C14H27N3O2S. The molecule has 20 heavy (non-hydrogen) atoms. The monoisotopic (exact) mass is 301 g/mol. The Morgan fingerprint density at radius 1 is 1.00 bits per heavy atom. The van der Waals surface area contributed by atoms with Crippen molar-refractivity contribution in [1.29, 1.82) is 0 Å². The SMILES string of the molecule is O=S(=O)(CC1CCNCC1)N1CCC(N2CCCC2)C1. The van der Waals surface area contributed by atoms with Crippen LogP contribution >= 0.6 is 0 Å². The summed E-state index contributed by atoms with van der Waals surface area (Å²) in [7, 11) is -3.04. The van der Waals surface area contributed by atoms with E-state index in [4.69, 9.17) is 0 Å². The Morgan fingerprint density at radius 3 is 2.40 bits per heavy atom. The van der Waals surface area contributed by atoms with Gasteiger partial charge in [-0.3, -0.25) is 4.90 Å². The van der Waals surface area contributed by atoms with E-state index in [9.17, 15) is 8.42 Å². The van der Waals surface area contributed by atoms with Gasteiger partial charge in [0.2, 0.25) is 10.0 Å². The zero-order valence-corrected chi connectivity index (χ0v) is 13.1. The van der Waals surface area contributed by atoms with Gasteiger partial charge in [0.15, 0.2) is 0 Å². The van der Waals surface area contributed by atoms with Gasteiger partial charge in [-0.1, -0.05) is 0 Å². The molecule has 5 nitrogen and oxygen atoms in total. The molecule has 0 saturated carbocycles. The van der Waals surface area contributed by atoms with Crippen molar-refractivity contribution in [3.8, 4) is 0 Å². The molecule has 3 rings (SSSR count). The summed E-state index contributed by atoms with van der Waals surface area (Å²) in [6, 6.07) is 0.472. The third kappa shape index (κ3) is 3.35. The van der Waals surface area contributed by atoms with Crippen LogP contribution in [0, 0.1) is 5.92 Å². The number of nitrogens with one attached hydrogen (secondary N) is 1. The van der Waals surface area contributed by atoms with Crippen molar-refractivity contribution in [1.82, 2.24) is 14.5 Å². The summed E-state index contributed by atoms with van der Waals surface area (Å²) < 4.78 is 26.9. The molecule has 1 atom stereocenters. The third-order valence-electron chi connectivity index (χ3n) is 5.08. The average Bonchev–Trinajstić information content (AvgIpc) is 3.11. The molecule has 0 aromatic carbocycles. The molecule has 3 saturated heterocycles. The van der Waals surface area contributed by atoms with E-state index in [0.717, 1.165) is 58.5 Å². The topological polar surface area (TPSA) is 52.7 Å². The maximum Gasteiger partial charge on any atom is 0.214 e. The maximum atomic E-state index is 12.5. The molecule has 1 unspecified atom stereocenters. The second-order valence-electron chi connectivity index (χ2n) is 6.52. The second-order valence-corrected chi connectivity index (χ2v) is 8.53. The van der Waals surface area contributed by atoms with Crippen molar-refractivity contribution in [3.05, 3.63) is 0 Å². The summed E-state index contributed by atoms with van der Waals surface area (Å²) in [6.45, 7) is 5.72. The van der Waals surface area contributed by atoms with Crippen LogP contribution in [0.3, 0.4) is 0 Å². The largest absolute Gasteiger partial charge is 0.317 e. The van der Waals surface area contributed by atoms with Crippen molar-refractivity contribution < 1.29 is 8.42 Å². The zero-order chi connectivity index (χ0) is 14.0. The quantitative estimate of drug-likeness (QED) is 0.821. The van der Waals surface area contributed by atoms with E-state index < -0.39 is 10.0 Å². The Bertz CT molecular complexity index is 414. The molecular weight excluding hydrogens is 274 g/mol. The molecule has 3 aliphatic rings. The Labute approximate surface area is 122 Å². The summed E-state index contributed by atoms with van der Waals surface area (Å²) >= 11 is 0. The van der Waals surface area contributed by atoms with Gasteiger partial charge in [0.25, 0.3) is 0 Å². The number of piperidine rings is 1. The molecule has 6 heteroatoms. The predicted molar refractivity (Wildman–Crippen MR) is 80.2 cm³/mol. The fourth-order valence-electron chi connectivity index (χ4n) is 3.82. The number of sulfonamides is 1. The fraction of sp³-hybridized carbons (Fsp3) is 1.00. The van der Waals surface area contributed by atoms with Gasteiger partial charge in [0, 0.05) is 19.1 Å². The molecule has 0 aromatic heterocycles. The van der Waals surface area contributed by atoms with Gasteiger partial charge in [0.1, 0.15) is 0 Å². The van der Waals surface area contributed by atoms with Crippen LogP contribution in [0.25, 0.3) is 0 Å². The molecule has 0 aromatic rings. The summed E-state index contributed by atoms with van der Waals surface area (Å²) in [5.41, 5.74) is 0. The molecule has 3 fully saturated rings. The van der Waals surface area contributed by atoms with Gasteiger partial charge in [-0.25, -0.2) is 12.7 Å². The lowest BCUT2D eigenvalue weighted by atomic mass is 10.0. The minimum atomic E-state index is -3.04. The summed E-state index contributed by atoms with van der Waals surface area (Å²) in [5, 5.41) is 3.30. The first-order valence-corrected chi connectivity index (χ1v) is 9.69. The van der Waals surface area contributed by atoms with Gasteiger partial charge in [-0.05, 0) is 64.2 Å². The maximum absolute atomic E-state index is 12.5. The van der Waals surface area contributed by atoms with Gasteiger partial charge in [-0.2, -0.15) is 0 Å². The molecule has 0 bridgehead atoms. The summed E-state index contributed by atoms with van der Waals surface area (Å²) in [4.78, 5) is 2.49. The highest BCUT2D eigenvalue weighted by atomic mass is 32.2. The van der Waals surface area contributed by atoms with E-state index in [0.29, 0.717) is 17.7 Å². The van der Waals surface area contributed by atoms with Crippen molar-refractivity contribution in [3.63, 3.8) is 0 Å². The molecule has 0 radical (unpaired) electrons. The molecule has 3 heterocycles. The number of hydrogen-bond acceptors (Lipinski definition) is 4. The minimum absolute atomic E-state index is 0.354. The first-order chi connectivity index (χ1) is 9.65. The van der Waals surface area contributed by atoms with Crippen molar-refractivity contribution in [2.24, 2.45) is 5.92 Å². The first-order valence-electron chi connectivity index (χ1n) is 8.08. The molecule has 0 amide bonds. The molecule has 0 spiro atoms. The number of likely N-dealkylation sites (tertiary alicyclic amines) is 1. The van der Waals surface area contributed by atoms with E-state index in [2.05, 4.69) is 10.2 Å². The summed E-state index contributed by atoms with van der Waals surface area (Å²) in [5.74, 6) is 0.716. The standard InChI is InChI=1S/C14H27N3O2S/c18-20(19,12-13-3-6-15-7-4-13)17-10-5-14(11-17)16-8-1-2-9-16/h13-15H,1-12H2. The molecule has 1 N–H and O–H groups in total. The van der Waals surface area contributed by atoms with Crippen LogP contribution in [0.5, 0.6) is 0 Å². The number of rotatable bonds is 4. The lowest BCUT2D eigenvalue weighted by Crippen LogP contribution is -2.40. The van der Waals surface area contributed by atoms with Gasteiger partial charge >= 0.3 is 0 Å². The van der Waals surface area contributed by atoms with E-state index in [1.807, 2.05) is 0 Å². The minimum Gasteiger partial charge on any atom is -0.317 e. The van der Waals surface area contributed by atoms with Crippen molar-refractivity contribution >= 4 is 10.0 Å². The Hall–Kier alpha value is -0.170. The van der Waals surface area contributed by atoms with Crippen LogP contribution in [0.2, 0.25) is 0 Å². The van der Waals surface area contributed by atoms with Crippen LogP contribution in [0.15, 0.2) is 0 Å². The van der Waals surface area contributed by atoms with E-state index >= 15 is 0 Å². The average molecular weight is 301 g/mol.